The molecule has 0 radical (unpaired) electrons. The van der Waals surface area contributed by atoms with Crippen LogP contribution in [0.1, 0.15) is 388 Å². The van der Waals surface area contributed by atoms with Crippen LogP contribution in [0.5, 0.6) is 0 Å². The lowest BCUT2D eigenvalue weighted by molar-refractivity contribution is -0.161. The number of ether oxygens (including phenoxy) is 4. The van der Waals surface area contributed by atoms with Crippen molar-refractivity contribution in [3.8, 4) is 0 Å². The molecule has 0 amide bonds. The van der Waals surface area contributed by atoms with Gasteiger partial charge in [-0.2, -0.15) is 0 Å². The first-order valence-corrected chi connectivity index (χ1v) is 42.0. The van der Waals surface area contributed by atoms with Crippen LogP contribution in [0.2, 0.25) is 0 Å². The third-order valence-corrected chi connectivity index (χ3v) is 19.4. The Morgan fingerprint density at radius 1 is 0.287 bits per heavy atom. The van der Waals surface area contributed by atoms with Gasteiger partial charge in [0.2, 0.25) is 0 Å². The largest absolute Gasteiger partial charge is 0.472 e. The number of aliphatic hydroxyl groups is 1. The summed E-state index contributed by atoms with van der Waals surface area (Å²) < 4.78 is 68.3. The maximum Gasteiger partial charge on any atom is 0.472 e. The smallest absolute Gasteiger partial charge is 0.462 e. The number of phosphoric acid groups is 2. The summed E-state index contributed by atoms with van der Waals surface area (Å²) in [7, 11) is -9.90. The van der Waals surface area contributed by atoms with Crippen molar-refractivity contribution in [2.45, 2.75) is 407 Å². The quantitative estimate of drug-likeness (QED) is 0.0222. The number of hydrogen-bond acceptors (Lipinski definition) is 15. The van der Waals surface area contributed by atoms with Gasteiger partial charge in [-0.15, -0.1) is 0 Å². The van der Waals surface area contributed by atoms with Crippen LogP contribution in [0.4, 0.5) is 0 Å². The molecule has 2 unspecified atom stereocenters. The first kappa shape index (κ1) is 92.1. The summed E-state index contributed by atoms with van der Waals surface area (Å²) in [4.78, 5) is 72.5. The summed E-state index contributed by atoms with van der Waals surface area (Å²) in [5, 5.41) is 10.6. The number of aliphatic hydroxyl groups excluding tert-OH is 1. The van der Waals surface area contributed by atoms with Crippen molar-refractivity contribution in [3.63, 3.8) is 0 Å². The fraction of sp³-hybridized carbons (Fsp3) is 0.947. The van der Waals surface area contributed by atoms with Gasteiger partial charge in [0.05, 0.1) is 26.4 Å². The summed E-state index contributed by atoms with van der Waals surface area (Å²) in [5.74, 6) is -0.668. The van der Waals surface area contributed by atoms with Gasteiger partial charge in [-0.1, -0.05) is 337 Å². The second-order valence-electron chi connectivity index (χ2n) is 28.0. The van der Waals surface area contributed by atoms with Crippen LogP contribution in [0.25, 0.3) is 0 Å². The van der Waals surface area contributed by atoms with Crippen LogP contribution >= 0.6 is 15.6 Å². The Kier molecular flexibility index (Phi) is 65.5. The lowest BCUT2D eigenvalue weighted by Gasteiger charge is -2.21. The molecule has 0 fully saturated rings. The highest BCUT2D eigenvalue weighted by molar-refractivity contribution is 7.47. The SMILES string of the molecule is CCCCCCCCCCCCCCCCCCCCCCCCC(=O)O[C@H](COC(=O)CCCCCCCCCCCCCCCC(C)C)COP(=O)(O)OC[C@@H](O)COP(=O)(O)OC[C@@H](COC(=O)CCCCCCCCC)OC(=O)CCCCCCCCC(C)C. The lowest BCUT2D eigenvalue weighted by atomic mass is 10.0. The topological polar surface area (TPSA) is 237 Å². The highest BCUT2D eigenvalue weighted by atomic mass is 31.2. The number of hydrogen-bond donors (Lipinski definition) is 3. The highest BCUT2D eigenvalue weighted by Gasteiger charge is 2.30. The van der Waals surface area contributed by atoms with Gasteiger partial charge in [0.15, 0.2) is 12.2 Å². The van der Waals surface area contributed by atoms with Crippen molar-refractivity contribution < 1.29 is 80.2 Å². The van der Waals surface area contributed by atoms with E-state index in [4.69, 9.17) is 37.0 Å². The van der Waals surface area contributed by atoms with Crippen LogP contribution in [-0.2, 0) is 65.4 Å². The van der Waals surface area contributed by atoms with Gasteiger partial charge in [-0.25, -0.2) is 9.13 Å². The Morgan fingerprint density at radius 3 is 0.723 bits per heavy atom. The maximum absolute atomic E-state index is 13.1. The predicted molar refractivity (Wildman–Crippen MR) is 381 cm³/mol. The third kappa shape index (κ3) is 68.6. The van der Waals surface area contributed by atoms with Crippen molar-refractivity contribution >= 4 is 39.5 Å². The van der Waals surface area contributed by atoms with E-state index in [0.29, 0.717) is 31.6 Å². The fourth-order valence-electron chi connectivity index (χ4n) is 11.5. The number of carbonyl (C=O) groups is 4. The van der Waals surface area contributed by atoms with Crippen molar-refractivity contribution in [1.82, 2.24) is 0 Å². The molecule has 19 heteroatoms. The molecular formula is C75H146O17P2. The Labute approximate surface area is 575 Å². The molecule has 0 aliphatic carbocycles. The molecular weight excluding hydrogens is 1230 g/mol. The number of phosphoric ester groups is 2. The van der Waals surface area contributed by atoms with Crippen LogP contribution < -0.4 is 0 Å². The van der Waals surface area contributed by atoms with E-state index >= 15 is 0 Å². The standard InChI is InChI=1S/C75H146O17P2/c1-7-9-11-13-15-16-17-18-19-20-21-22-23-24-25-26-29-33-36-40-47-53-59-74(79)91-70(64-86-73(78)58-52-46-39-35-32-30-27-28-31-34-38-43-49-55-67(3)4)65-89-93(81,82)87-61-69(76)62-88-94(83,84)90-66-71(63-85-72(77)57-51-45-37-14-12-10-8-2)92-75(80)60-54-48-42-41-44-50-56-68(5)6/h67-71,76H,7-66H2,1-6H3,(H,81,82)(H,83,84)/t69-,70-,71-/m1/s1. The molecule has 558 valence electrons. The second kappa shape index (κ2) is 66.9. The maximum atomic E-state index is 13.1. The molecule has 0 heterocycles. The van der Waals surface area contributed by atoms with E-state index in [2.05, 4.69) is 41.5 Å². The van der Waals surface area contributed by atoms with Crippen LogP contribution in [0, 0.1) is 11.8 Å². The summed E-state index contributed by atoms with van der Waals surface area (Å²) in [5.41, 5.74) is 0. The van der Waals surface area contributed by atoms with Crippen molar-refractivity contribution in [2.24, 2.45) is 11.8 Å². The third-order valence-electron chi connectivity index (χ3n) is 17.5. The zero-order valence-corrected chi connectivity index (χ0v) is 63.1. The molecule has 0 saturated heterocycles. The number of rotatable bonds is 74. The van der Waals surface area contributed by atoms with Crippen molar-refractivity contribution in [1.29, 1.82) is 0 Å². The van der Waals surface area contributed by atoms with Gasteiger partial charge in [0, 0.05) is 25.7 Å². The monoisotopic (exact) mass is 1380 g/mol. The lowest BCUT2D eigenvalue weighted by Crippen LogP contribution is -2.30. The van der Waals surface area contributed by atoms with Gasteiger partial charge in [0.25, 0.3) is 0 Å². The summed E-state index contributed by atoms with van der Waals surface area (Å²) in [6, 6.07) is 0. The summed E-state index contributed by atoms with van der Waals surface area (Å²) in [6.45, 7) is 9.46. The van der Waals surface area contributed by atoms with E-state index in [1.165, 1.54) is 193 Å². The predicted octanol–water partition coefficient (Wildman–Crippen LogP) is 21.9. The Balaban J connectivity index is 5.13. The van der Waals surface area contributed by atoms with E-state index in [9.17, 15) is 43.2 Å². The summed E-state index contributed by atoms with van der Waals surface area (Å²) in [6.07, 6.45) is 54.7. The minimum absolute atomic E-state index is 0.102. The molecule has 0 aliphatic rings. The van der Waals surface area contributed by atoms with E-state index in [1.807, 2.05) is 0 Å². The minimum Gasteiger partial charge on any atom is -0.462 e. The Hall–Kier alpha value is -1.94. The molecule has 0 bridgehead atoms. The fourth-order valence-corrected chi connectivity index (χ4v) is 13.1. The van der Waals surface area contributed by atoms with Crippen molar-refractivity contribution in [2.75, 3.05) is 39.6 Å². The minimum atomic E-state index is -4.96. The zero-order valence-electron chi connectivity index (χ0n) is 61.3. The molecule has 0 rings (SSSR count). The summed E-state index contributed by atoms with van der Waals surface area (Å²) >= 11 is 0. The number of unbranched alkanes of at least 4 members (excludes halogenated alkanes) is 44. The average Bonchev–Trinajstić information content (AvgIpc) is 1.47. The molecule has 0 aromatic rings. The van der Waals surface area contributed by atoms with E-state index in [1.54, 1.807) is 0 Å². The van der Waals surface area contributed by atoms with Gasteiger partial charge >= 0.3 is 39.5 Å². The van der Waals surface area contributed by atoms with E-state index in [0.717, 1.165) is 109 Å². The molecule has 3 N–H and O–H groups in total. The average molecular weight is 1380 g/mol. The molecule has 17 nitrogen and oxygen atoms in total. The van der Waals surface area contributed by atoms with E-state index < -0.39 is 97.5 Å². The first-order valence-electron chi connectivity index (χ1n) is 39.0. The van der Waals surface area contributed by atoms with Gasteiger partial charge in [-0.05, 0) is 37.5 Å². The van der Waals surface area contributed by atoms with Gasteiger partial charge in [-0.3, -0.25) is 37.3 Å². The van der Waals surface area contributed by atoms with Crippen LogP contribution in [0.15, 0.2) is 0 Å². The van der Waals surface area contributed by atoms with Crippen molar-refractivity contribution in [3.05, 3.63) is 0 Å². The molecule has 5 atom stereocenters. The second-order valence-corrected chi connectivity index (χ2v) is 30.9. The molecule has 0 spiro atoms. The first-order chi connectivity index (χ1) is 45.4. The number of esters is 4. The molecule has 94 heavy (non-hydrogen) atoms. The molecule has 0 aliphatic heterocycles. The Bertz CT molecular complexity index is 1820. The number of carbonyl (C=O) groups excluding carboxylic acids is 4. The van der Waals surface area contributed by atoms with Gasteiger partial charge in [0.1, 0.15) is 19.3 Å². The molecule has 0 aromatic heterocycles. The zero-order chi connectivity index (χ0) is 69.3. The van der Waals surface area contributed by atoms with Gasteiger partial charge < -0.3 is 33.8 Å². The Morgan fingerprint density at radius 2 is 0.489 bits per heavy atom. The molecule has 0 saturated carbocycles. The van der Waals surface area contributed by atoms with Crippen LogP contribution in [0.3, 0.4) is 0 Å². The normalized spacial score (nSPS) is 14.0. The highest BCUT2D eigenvalue weighted by Crippen LogP contribution is 2.45. The van der Waals surface area contributed by atoms with E-state index in [-0.39, 0.29) is 25.7 Å². The molecule has 0 aromatic carbocycles. The van der Waals surface area contributed by atoms with Crippen LogP contribution in [-0.4, -0.2) is 96.7 Å².